The van der Waals surface area contributed by atoms with E-state index >= 15 is 0 Å². The van der Waals surface area contributed by atoms with E-state index in [-0.39, 0.29) is 11.9 Å². The Morgan fingerprint density at radius 2 is 1.80 bits per heavy atom. The number of urea groups is 1. The number of nitrogens with zero attached hydrogens (tertiary/aromatic N) is 2. The largest absolute Gasteiger partial charge is 0.457 e. The lowest BCUT2D eigenvalue weighted by molar-refractivity contribution is -0.114. The molecule has 0 aliphatic heterocycles. The number of anilines is 2. The number of imidazole rings is 1. The van der Waals surface area contributed by atoms with Crippen molar-refractivity contribution in [2.24, 2.45) is 7.05 Å². The molecule has 1 heterocycles. The van der Waals surface area contributed by atoms with Crippen LogP contribution in [0.3, 0.4) is 0 Å². The fourth-order valence-corrected chi connectivity index (χ4v) is 3.09. The minimum atomic E-state index is -0.282. The van der Waals surface area contributed by atoms with Crippen LogP contribution in [-0.2, 0) is 11.8 Å². The van der Waals surface area contributed by atoms with Gasteiger partial charge in [0.05, 0.1) is 11.0 Å². The third kappa shape index (κ3) is 4.33. The number of aryl methyl sites for hydroxylation is 1. The van der Waals surface area contributed by atoms with Gasteiger partial charge in [0.15, 0.2) is 0 Å². The maximum Gasteiger partial charge on any atom is 0.323 e. The number of aromatic nitrogens is 2. The second-order valence-corrected chi connectivity index (χ2v) is 6.86. The standard InChI is InChI=1S/C22H21N5O3/c1-14(28)23-21-26-19-12-11-18(13-20(19)27(21)2)30-17-9-7-16(8-10-17)25-22(29)24-15-5-3-4-6-15/h3-5,7-13H,6H2,1-2H3,(H,23,26,28)(H2,24,25,29). The number of carbonyl (C=O) groups excluding carboxylic acids is 2. The quantitative estimate of drug-likeness (QED) is 0.592. The lowest BCUT2D eigenvalue weighted by Gasteiger charge is -2.10. The first-order valence-corrected chi connectivity index (χ1v) is 9.43. The Bertz CT molecular complexity index is 1180. The number of carbonyl (C=O) groups is 2. The van der Waals surface area contributed by atoms with E-state index in [0.717, 1.165) is 23.2 Å². The van der Waals surface area contributed by atoms with E-state index in [1.165, 1.54) is 6.92 Å². The SMILES string of the molecule is CC(=O)Nc1nc2ccc(Oc3ccc(NC(=O)NC4=CC=CC4)cc3)cc2n1C. The van der Waals surface area contributed by atoms with Gasteiger partial charge in [0.1, 0.15) is 11.5 Å². The zero-order valence-electron chi connectivity index (χ0n) is 16.6. The summed E-state index contributed by atoms with van der Waals surface area (Å²) in [7, 11) is 1.83. The number of allylic oxidation sites excluding steroid dienone is 3. The summed E-state index contributed by atoms with van der Waals surface area (Å²) in [6.07, 6.45) is 6.48. The van der Waals surface area contributed by atoms with Crippen LogP contribution in [-0.4, -0.2) is 21.5 Å². The van der Waals surface area contributed by atoms with Gasteiger partial charge in [-0.15, -0.1) is 0 Å². The number of nitrogens with one attached hydrogen (secondary N) is 3. The summed E-state index contributed by atoms with van der Waals surface area (Å²) in [6, 6.07) is 12.3. The molecular weight excluding hydrogens is 382 g/mol. The van der Waals surface area contributed by atoms with Crippen molar-refractivity contribution in [2.75, 3.05) is 10.6 Å². The predicted molar refractivity (Wildman–Crippen MR) is 116 cm³/mol. The third-order valence-electron chi connectivity index (χ3n) is 4.53. The summed E-state index contributed by atoms with van der Waals surface area (Å²) in [5.41, 5.74) is 3.11. The Labute approximate surface area is 173 Å². The van der Waals surface area contributed by atoms with Crippen molar-refractivity contribution in [1.82, 2.24) is 14.9 Å². The number of amides is 3. The normalized spacial score (nSPS) is 12.5. The average Bonchev–Trinajstić information content (AvgIpc) is 3.32. The van der Waals surface area contributed by atoms with Gasteiger partial charge in [0.2, 0.25) is 11.9 Å². The molecule has 8 nitrogen and oxygen atoms in total. The topological polar surface area (TPSA) is 97.3 Å². The molecule has 3 aromatic rings. The van der Waals surface area contributed by atoms with Crippen molar-refractivity contribution in [1.29, 1.82) is 0 Å². The first-order chi connectivity index (χ1) is 14.5. The summed E-state index contributed by atoms with van der Waals surface area (Å²) < 4.78 is 7.72. The average molecular weight is 403 g/mol. The predicted octanol–water partition coefficient (Wildman–Crippen LogP) is 4.29. The molecule has 0 saturated carbocycles. The van der Waals surface area contributed by atoms with Gasteiger partial charge in [-0.05, 0) is 42.5 Å². The molecular formula is C22H21N5O3. The van der Waals surface area contributed by atoms with E-state index in [1.54, 1.807) is 28.8 Å². The number of hydrogen-bond donors (Lipinski definition) is 3. The molecule has 1 aromatic heterocycles. The summed E-state index contributed by atoms with van der Waals surface area (Å²) in [6.45, 7) is 1.44. The van der Waals surface area contributed by atoms with Gasteiger partial charge >= 0.3 is 6.03 Å². The van der Waals surface area contributed by atoms with Gasteiger partial charge in [-0.2, -0.15) is 0 Å². The molecule has 8 heteroatoms. The van der Waals surface area contributed by atoms with Crippen molar-refractivity contribution < 1.29 is 14.3 Å². The lowest BCUT2D eigenvalue weighted by atomic mass is 10.3. The van der Waals surface area contributed by atoms with E-state index in [1.807, 2.05) is 43.5 Å². The Morgan fingerprint density at radius 3 is 2.50 bits per heavy atom. The van der Waals surface area contributed by atoms with Gasteiger partial charge in [-0.1, -0.05) is 12.2 Å². The summed E-state index contributed by atoms with van der Waals surface area (Å²) in [4.78, 5) is 27.7. The fraction of sp³-hybridized carbons (Fsp3) is 0.136. The van der Waals surface area contributed by atoms with Gasteiger partial charge < -0.3 is 19.9 Å². The molecule has 1 aliphatic rings. The number of fused-ring (bicyclic) bond motifs is 1. The van der Waals surface area contributed by atoms with Crippen LogP contribution in [0.2, 0.25) is 0 Å². The number of rotatable bonds is 5. The molecule has 3 N–H and O–H groups in total. The molecule has 4 rings (SSSR count). The van der Waals surface area contributed by atoms with E-state index in [0.29, 0.717) is 23.1 Å². The highest BCUT2D eigenvalue weighted by Crippen LogP contribution is 2.28. The van der Waals surface area contributed by atoms with Crippen molar-refractivity contribution in [2.45, 2.75) is 13.3 Å². The molecule has 3 amide bonds. The van der Waals surface area contributed by atoms with Gasteiger partial charge in [-0.3, -0.25) is 10.1 Å². The first kappa shape index (κ1) is 19.3. The van der Waals surface area contributed by atoms with Crippen molar-refractivity contribution in [3.8, 4) is 11.5 Å². The van der Waals surface area contributed by atoms with E-state index in [2.05, 4.69) is 20.9 Å². The number of benzene rings is 2. The zero-order chi connectivity index (χ0) is 21.1. The van der Waals surface area contributed by atoms with Crippen LogP contribution in [0.15, 0.2) is 66.4 Å². The smallest absolute Gasteiger partial charge is 0.323 e. The van der Waals surface area contributed by atoms with Gasteiger partial charge in [0, 0.05) is 37.8 Å². The number of ether oxygens (including phenoxy) is 1. The molecule has 0 fully saturated rings. The molecule has 152 valence electrons. The molecule has 1 aliphatic carbocycles. The second-order valence-electron chi connectivity index (χ2n) is 6.86. The Kier molecular flexibility index (Phi) is 5.21. The van der Waals surface area contributed by atoms with Crippen LogP contribution in [0, 0.1) is 0 Å². The van der Waals surface area contributed by atoms with E-state index < -0.39 is 0 Å². The van der Waals surface area contributed by atoms with Crippen LogP contribution < -0.4 is 20.7 Å². The third-order valence-corrected chi connectivity index (χ3v) is 4.53. The fourth-order valence-electron chi connectivity index (χ4n) is 3.09. The van der Waals surface area contributed by atoms with Crippen LogP contribution >= 0.6 is 0 Å². The van der Waals surface area contributed by atoms with Crippen LogP contribution in [0.25, 0.3) is 11.0 Å². The van der Waals surface area contributed by atoms with Crippen LogP contribution in [0.5, 0.6) is 11.5 Å². The zero-order valence-corrected chi connectivity index (χ0v) is 16.6. The molecule has 30 heavy (non-hydrogen) atoms. The van der Waals surface area contributed by atoms with Crippen molar-refractivity contribution in [3.05, 3.63) is 66.4 Å². The van der Waals surface area contributed by atoms with Crippen LogP contribution in [0.1, 0.15) is 13.3 Å². The highest BCUT2D eigenvalue weighted by Gasteiger charge is 2.11. The maximum absolute atomic E-state index is 12.0. The minimum Gasteiger partial charge on any atom is -0.457 e. The molecule has 0 atom stereocenters. The molecule has 0 unspecified atom stereocenters. The maximum atomic E-state index is 12.0. The molecule has 0 radical (unpaired) electrons. The summed E-state index contributed by atoms with van der Waals surface area (Å²) >= 11 is 0. The lowest BCUT2D eigenvalue weighted by Crippen LogP contribution is -2.27. The molecule has 0 saturated heterocycles. The van der Waals surface area contributed by atoms with E-state index in [4.69, 9.17) is 4.74 Å². The van der Waals surface area contributed by atoms with E-state index in [9.17, 15) is 9.59 Å². The first-order valence-electron chi connectivity index (χ1n) is 9.43. The van der Waals surface area contributed by atoms with Gasteiger partial charge in [-0.25, -0.2) is 9.78 Å². The van der Waals surface area contributed by atoms with Crippen LogP contribution in [0.4, 0.5) is 16.4 Å². The summed E-state index contributed by atoms with van der Waals surface area (Å²) in [5.74, 6) is 1.57. The highest BCUT2D eigenvalue weighted by atomic mass is 16.5. The van der Waals surface area contributed by atoms with Crippen molar-refractivity contribution in [3.63, 3.8) is 0 Å². The molecule has 2 aromatic carbocycles. The van der Waals surface area contributed by atoms with Gasteiger partial charge in [0.25, 0.3) is 0 Å². The van der Waals surface area contributed by atoms with Crippen molar-refractivity contribution >= 4 is 34.6 Å². The number of hydrogen-bond acceptors (Lipinski definition) is 4. The Hall–Kier alpha value is -4.07. The molecule has 0 bridgehead atoms. The second kappa shape index (κ2) is 8.12. The minimum absolute atomic E-state index is 0.177. The molecule has 0 spiro atoms. The highest BCUT2D eigenvalue weighted by molar-refractivity contribution is 5.91. The Balaban J connectivity index is 1.42. The monoisotopic (exact) mass is 403 g/mol. The Morgan fingerprint density at radius 1 is 1.03 bits per heavy atom. The summed E-state index contributed by atoms with van der Waals surface area (Å²) in [5, 5.41) is 8.29.